The van der Waals surface area contributed by atoms with Crippen molar-refractivity contribution in [3.8, 4) is 0 Å². The molecule has 3 aromatic rings. The van der Waals surface area contributed by atoms with Crippen LogP contribution in [0.25, 0.3) is 0 Å². The van der Waals surface area contributed by atoms with Gasteiger partial charge in [-0.2, -0.15) is 9.40 Å². The molecule has 0 radical (unpaired) electrons. The molecule has 0 aliphatic rings. The average molecular weight is 454 g/mol. The van der Waals surface area contributed by atoms with Gasteiger partial charge in [0, 0.05) is 19.3 Å². The second-order valence-corrected chi connectivity index (χ2v) is 10.4. The Morgan fingerprint density at radius 3 is 2.58 bits per heavy atom. The summed E-state index contributed by atoms with van der Waals surface area (Å²) in [7, 11) is -3.57. The van der Waals surface area contributed by atoms with Crippen LogP contribution in [0.5, 0.6) is 0 Å². The van der Waals surface area contributed by atoms with Crippen LogP contribution in [0.2, 0.25) is 0 Å². The molecule has 0 aliphatic carbocycles. The maximum absolute atomic E-state index is 13.2. The lowest BCUT2D eigenvalue weighted by Gasteiger charge is -2.22. The summed E-state index contributed by atoms with van der Waals surface area (Å²) in [5.74, 6) is 0. The molecule has 138 valence electrons. The molecule has 8 heteroatoms. The summed E-state index contributed by atoms with van der Waals surface area (Å²) in [6.07, 6.45) is 2.37. The standard InChI is InChI=1S/C18H20BrN3O2S2/c1-2-22-16(10-12-20-22)14-21(13-11-15-6-4-3-5-7-15)26(23,24)18-9-8-17(19)25-18/h3-10,12H,2,11,13-14H2,1H3. The van der Waals surface area contributed by atoms with Crippen molar-refractivity contribution in [3.63, 3.8) is 0 Å². The van der Waals surface area contributed by atoms with E-state index in [4.69, 9.17) is 0 Å². The molecule has 26 heavy (non-hydrogen) atoms. The van der Waals surface area contributed by atoms with E-state index in [1.54, 1.807) is 22.6 Å². The molecular formula is C18H20BrN3O2S2. The van der Waals surface area contributed by atoms with Crippen LogP contribution in [-0.4, -0.2) is 29.0 Å². The number of benzene rings is 1. The van der Waals surface area contributed by atoms with E-state index in [-0.39, 0.29) is 0 Å². The topological polar surface area (TPSA) is 55.2 Å². The summed E-state index contributed by atoms with van der Waals surface area (Å²) in [6, 6.07) is 15.2. The minimum absolute atomic E-state index is 0.304. The van der Waals surface area contributed by atoms with Crippen molar-refractivity contribution in [2.75, 3.05) is 6.54 Å². The van der Waals surface area contributed by atoms with Gasteiger partial charge in [0.05, 0.1) is 16.0 Å². The lowest BCUT2D eigenvalue weighted by molar-refractivity contribution is 0.395. The molecule has 5 nitrogen and oxygen atoms in total. The van der Waals surface area contributed by atoms with Crippen LogP contribution in [0.3, 0.4) is 0 Å². The van der Waals surface area contributed by atoms with Crippen LogP contribution < -0.4 is 0 Å². The van der Waals surface area contributed by atoms with Crippen molar-refractivity contribution in [1.29, 1.82) is 0 Å². The number of aryl methyl sites for hydroxylation is 1. The highest BCUT2D eigenvalue weighted by atomic mass is 79.9. The van der Waals surface area contributed by atoms with E-state index in [0.717, 1.165) is 15.0 Å². The number of nitrogens with zero attached hydrogens (tertiary/aromatic N) is 3. The van der Waals surface area contributed by atoms with Gasteiger partial charge in [-0.25, -0.2) is 8.42 Å². The van der Waals surface area contributed by atoms with Gasteiger partial charge in [0.1, 0.15) is 4.21 Å². The average Bonchev–Trinajstić information content (AvgIpc) is 3.28. The third-order valence-corrected chi connectivity index (χ3v) is 8.01. The summed E-state index contributed by atoms with van der Waals surface area (Å²) in [4.78, 5) is 0. The second kappa shape index (κ2) is 8.47. The summed E-state index contributed by atoms with van der Waals surface area (Å²) in [5.41, 5.74) is 2.00. The Morgan fingerprint density at radius 1 is 1.15 bits per heavy atom. The summed E-state index contributed by atoms with van der Waals surface area (Å²) < 4.78 is 30.9. The zero-order chi connectivity index (χ0) is 18.6. The first-order chi connectivity index (χ1) is 12.5. The number of sulfonamides is 1. The van der Waals surface area contributed by atoms with E-state index in [1.165, 1.54) is 11.3 Å². The number of thiophene rings is 1. The fraction of sp³-hybridized carbons (Fsp3) is 0.278. The first kappa shape index (κ1) is 19.3. The molecule has 0 spiro atoms. The van der Waals surface area contributed by atoms with Crippen LogP contribution in [-0.2, 0) is 29.5 Å². The number of rotatable bonds is 8. The van der Waals surface area contributed by atoms with Crippen molar-refractivity contribution >= 4 is 37.3 Å². The van der Waals surface area contributed by atoms with E-state index < -0.39 is 10.0 Å². The fourth-order valence-electron chi connectivity index (χ4n) is 2.71. The van der Waals surface area contributed by atoms with E-state index in [2.05, 4.69) is 21.0 Å². The van der Waals surface area contributed by atoms with Gasteiger partial charge in [-0.1, -0.05) is 30.3 Å². The Hall–Kier alpha value is -1.48. The van der Waals surface area contributed by atoms with E-state index in [9.17, 15) is 8.42 Å². The largest absolute Gasteiger partial charge is 0.269 e. The maximum atomic E-state index is 13.2. The van der Waals surface area contributed by atoms with Crippen molar-refractivity contribution in [2.45, 2.75) is 30.6 Å². The van der Waals surface area contributed by atoms with Gasteiger partial charge in [-0.15, -0.1) is 11.3 Å². The predicted octanol–water partition coefficient (Wildman–Crippen LogP) is 4.16. The molecule has 1 aromatic carbocycles. The van der Waals surface area contributed by atoms with E-state index in [1.807, 2.05) is 48.0 Å². The number of hydrogen-bond acceptors (Lipinski definition) is 4. The molecule has 0 N–H and O–H groups in total. The molecule has 2 aromatic heterocycles. The zero-order valence-electron chi connectivity index (χ0n) is 14.4. The minimum atomic E-state index is -3.57. The number of aromatic nitrogens is 2. The molecule has 2 heterocycles. The second-order valence-electron chi connectivity index (χ2n) is 5.77. The summed E-state index contributed by atoms with van der Waals surface area (Å²) >= 11 is 4.59. The Kier molecular flexibility index (Phi) is 6.29. The van der Waals surface area contributed by atoms with Gasteiger partial charge in [0.25, 0.3) is 10.0 Å². The zero-order valence-corrected chi connectivity index (χ0v) is 17.6. The molecule has 0 unspecified atom stereocenters. The van der Waals surface area contributed by atoms with Crippen LogP contribution in [0.4, 0.5) is 0 Å². The highest BCUT2D eigenvalue weighted by molar-refractivity contribution is 9.11. The minimum Gasteiger partial charge on any atom is -0.269 e. The molecule has 0 bridgehead atoms. The van der Waals surface area contributed by atoms with Gasteiger partial charge in [0.2, 0.25) is 0 Å². The molecular weight excluding hydrogens is 434 g/mol. The maximum Gasteiger partial charge on any atom is 0.252 e. The quantitative estimate of drug-likeness (QED) is 0.514. The normalized spacial score (nSPS) is 12.0. The lowest BCUT2D eigenvalue weighted by atomic mass is 10.1. The van der Waals surface area contributed by atoms with Gasteiger partial charge in [0.15, 0.2) is 0 Å². The Bertz CT molecular complexity index is 952. The number of hydrogen-bond donors (Lipinski definition) is 0. The summed E-state index contributed by atoms with van der Waals surface area (Å²) in [5, 5.41) is 4.26. The van der Waals surface area contributed by atoms with Gasteiger partial charge >= 0.3 is 0 Å². The smallest absolute Gasteiger partial charge is 0.252 e. The molecule has 0 aliphatic heterocycles. The van der Waals surface area contributed by atoms with Gasteiger partial charge < -0.3 is 0 Å². The van der Waals surface area contributed by atoms with Gasteiger partial charge in [-0.05, 0) is 53.0 Å². The van der Waals surface area contributed by atoms with Crippen molar-refractivity contribution in [2.24, 2.45) is 0 Å². The first-order valence-electron chi connectivity index (χ1n) is 8.31. The third-order valence-electron chi connectivity index (χ3n) is 4.08. The monoisotopic (exact) mass is 453 g/mol. The van der Waals surface area contributed by atoms with Crippen LogP contribution in [0, 0.1) is 0 Å². The predicted molar refractivity (Wildman–Crippen MR) is 108 cm³/mol. The first-order valence-corrected chi connectivity index (χ1v) is 11.4. The Balaban J connectivity index is 1.87. The number of halogens is 1. The molecule has 0 saturated heterocycles. The van der Waals surface area contributed by atoms with Crippen molar-refractivity contribution < 1.29 is 8.42 Å². The third kappa shape index (κ3) is 4.43. The van der Waals surface area contributed by atoms with Crippen LogP contribution >= 0.6 is 27.3 Å². The highest BCUT2D eigenvalue weighted by Crippen LogP contribution is 2.29. The van der Waals surface area contributed by atoms with Crippen LogP contribution in [0.15, 0.2) is 62.7 Å². The van der Waals surface area contributed by atoms with Crippen molar-refractivity contribution in [3.05, 3.63) is 69.8 Å². The van der Waals surface area contributed by atoms with Crippen molar-refractivity contribution in [1.82, 2.24) is 14.1 Å². The SMILES string of the molecule is CCn1nccc1CN(CCc1ccccc1)S(=O)(=O)c1ccc(Br)s1. The molecule has 0 amide bonds. The molecule has 0 atom stereocenters. The Morgan fingerprint density at radius 2 is 1.92 bits per heavy atom. The molecule has 0 fully saturated rings. The lowest BCUT2D eigenvalue weighted by Crippen LogP contribution is -2.33. The summed E-state index contributed by atoms with van der Waals surface area (Å²) in [6.45, 7) is 3.42. The highest BCUT2D eigenvalue weighted by Gasteiger charge is 2.27. The Labute approximate surface area is 166 Å². The molecule has 3 rings (SSSR count). The van der Waals surface area contributed by atoms with E-state index in [0.29, 0.717) is 30.3 Å². The fourth-order valence-corrected chi connectivity index (χ4v) is 6.28. The molecule has 0 saturated carbocycles. The van der Waals surface area contributed by atoms with Crippen LogP contribution in [0.1, 0.15) is 18.2 Å². The van der Waals surface area contributed by atoms with E-state index >= 15 is 0 Å². The van der Waals surface area contributed by atoms with Gasteiger partial charge in [-0.3, -0.25) is 4.68 Å².